The standard InChI is InChI=1S/C23H37N3O.2ClH/c1-18-13-19(2)16-26(15-18)17-22-6-4-3-5-21(22)14-25-23(27)8-7-20-9-11-24-12-10-20;;/h3-6,18-20,24H,7-17H2,1-2H3,(H,25,27);2*1H. The molecule has 2 aliphatic rings. The van der Waals surface area contributed by atoms with Gasteiger partial charge in [-0.1, -0.05) is 38.1 Å². The highest BCUT2D eigenvalue weighted by Gasteiger charge is 2.22. The minimum Gasteiger partial charge on any atom is -0.352 e. The third-order valence-electron chi connectivity index (χ3n) is 6.17. The molecular formula is C23H39Cl2N3O. The summed E-state index contributed by atoms with van der Waals surface area (Å²) in [6.07, 6.45) is 5.45. The number of carbonyl (C=O) groups is 1. The molecule has 2 saturated heterocycles. The molecule has 2 heterocycles. The van der Waals surface area contributed by atoms with E-state index in [4.69, 9.17) is 0 Å². The van der Waals surface area contributed by atoms with Crippen molar-refractivity contribution in [2.24, 2.45) is 17.8 Å². The van der Waals surface area contributed by atoms with Gasteiger partial charge in [0.25, 0.3) is 0 Å². The molecule has 0 bridgehead atoms. The second-order valence-electron chi connectivity index (χ2n) is 8.92. The van der Waals surface area contributed by atoms with Crippen LogP contribution >= 0.6 is 24.8 Å². The molecule has 0 saturated carbocycles. The summed E-state index contributed by atoms with van der Waals surface area (Å²) in [6, 6.07) is 8.59. The molecular weight excluding hydrogens is 405 g/mol. The molecule has 1 aromatic carbocycles. The summed E-state index contributed by atoms with van der Waals surface area (Å²) in [5.41, 5.74) is 2.62. The number of halogens is 2. The second-order valence-corrected chi connectivity index (χ2v) is 8.92. The molecule has 0 spiro atoms. The van der Waals surface area contributed by atoms with Crippen LogP contribution in [0.2, 0.25) is 0 Å². The van der Waals surface area contributed by atoms with Crippen LogP contribution in [-0.4, -0.2) is 37.0 Å². The van der Waals surface area contributed by atoms with Crippen molar-refractivity contribution in [1.29, 1.82) is 0 Å². The van der Waals surface area contributed by atoms with Gasteiger partial charge in [0, 0.05) is 32.6 Å². The van der Waals surface area contributed by atoms with Crippen molar-refractivity contribution in [3.63, 3.8) is 0 Å². The van der Waals surface area contributed by atoms with Gasteiger partial charge in [-0.25, -0.2) is 0 Å². The topological polar surface area (TPSA) is 44.4 Å². The smallest absolute Gasteiger partial charge is 0.220 e. The molecule has 1 amide bonds. The van der Waals surface area contributed by atoms with Gasteiger partial charge in [-0.3, -0.25) is 9.69 Å². The lowest BCUT2D eigenvalue weighted by molar-refractivity contribution is -0.121. The van der Waals surface area contributed by atoms with Crippen LogP contribution in [0.25, 0.3) is 0 Å². The zero-order chi connectivity index (χ0) is 19.1. The molecule has 1 aromatic rings. The van der Waals surface area contributed by atoms with Gasteiger partial charge in [-0.05, 0) is 67.7 Å². The summed E-state index contributed by atoms with van der Waals surface area (Å²) >= 11 is 0. The summed E-state index contributed by atoms with van der Waals surface area (Å²) < 4.78 is 0. The van der Waals surface area contributed by atoms with E-state index in [0.717, 1.165) is 37.9 Å². The quantitative estimate of drug-likeness (QED) is 0.655. The van der Waals surface area contributed by atoms with Crippen molar-refractivity contribution >= 4 is 30.7 Å². The maximum absolute atomic E-state index is 12.3. The lowest BCUT2D eigenvalue weighted by atomic mass is 9.91. The van der Waals surface area contributed by atoms with Gasteiger partial charge in [0.2, 0.25) is 5.91 Å². The van der Waals surface area contributed by atoms with E-state index in [1.165, 1.54) is 43.5 Å². The van der Waals surface area contributed by atoms with Gasteiger partial charge in [0.05, 0.1) is 0 Å². The number of amides is 1. The number of hydrogen-bond donors (Lipinski definition) is 2. The van der Waals surface area contributed by atoms with E-state index in [1.54, 1.807) is 0 Å². The third-order valence-corrected chi connectivity index (χ3v) is 6.17. The maximum Gasteiger partial charge on any atom is 0.220 e. The van der Waals surface area contributed by atoms with Gasteiger partial charge in [-0.2, -0.15) is 0 Å². The molecule has 29 heavy (non-hydrogen) atoms. The molecule has 166 valence electrons. The van der Waals surface area contributed by atoms with Crippen LogP contribution in [-0.2, 0) is 17.9 Å². The van der Waals surface area contributed by atoms with E-state index in [2.05, 4.69) is 53.6 Å². The molecule has 6 heteroatoms. The molecule has 4 nitrogen and oxygen atoms in total. The second kappa shape index (κ2) is 13.5. The van der Waals surface area contributed by atoms with Gasteiger partial charge in [-0.15, -0.1) is 24.8 Å². The summed E-state index contributed by atoms with van der Waals surface area (Å²) in [4.78, 5) is 14.9. The minimum atomic E-state index is 0. The number of nitrogens with one attached hydrogen (secondary N) is 2. The fourth-order valence-electron chi connectivity index (χ4n) is 4.83. The van der Waals surface area contributed by atoms with Gasteiger partial charge < -0.3 is 10.6 Å². The number of likely N-dealkylation sites (tertiary alicyclic amines) is 1. The van der Waals surface area contributed by atoms with Gasteiger partial charge >= 0.3 is 0 Å². The summed E-state index contributed by atoms with van der Waals surface area (Å²) in [5.74, 6) is 2.46. The van der Waals surface area contributed by atoms with Crippen molar-refractivity contribution in [1.82, 2.24) is 15.5 Å². The lowest BCUT2D eigenvalue weighted by Crippen LogP contribution is -2.38. The van der Waals surface area contributed by atoms with Crippen molar-refractivity contribution in [2.45, 2.75) is 59.0 Å². The molecule has 3 rings (SSSR count). The van der Waals surface area contributed by atoms with Crippen molar-refractivity contribution in [2.75, 3.05) is 26.2 Å². The SMILES string of the molecule is CC1CC(C)CN(Cc2ccccc2CNC(=O)CCC2CCNCC2)C1.Cl.Cl. The van der Waals surface area contributed by atoms with Crippen LogP contribution in [0.1, 0.15) is 57.1 Å². The molecule has 0 radical (unpaired) electrons. The summed E-state index contributed by atoms with van der Waals surface area (Å²) in [6.45, 7) is 10.9. The first-order valence-corrected chi connectivity index (χ1v) is 10.9. The van der Waals surface area contributed by atoms with Crippen LogP contribution in [0.15, 0.2) is 24.3 Å². The van der Waals surface area contributed by atoms with Crippen LogP contribution in [0, 0.1) is 17.8 Å². The molecule has 2 fully saturated rings. The Morgan fingerprint density at radius 3 is 2.34 bits per heavy atom. The number of carbonyl (C=O) groups excluding carboxylic acids is 1. The highest BCUT2D eigenvalue weighted by Crippen LogP contribution is 2.23. The third kappa shape index (κ3) is 8.84. The summed E-state index contributed by atoms with van der Waals surface area (Å²) in [5, 5.41) is 6.55. The van der Waals surface area contributed by atoms with Crippen molar-refractivity contribution in [3.8, 4) is 0 Å². The molecule has 2 atom stereocenters. The Kier molecular flexibility index (Phi) is 12.2. The van der Waals surface area contributed by atoms with E-state index in [0.29, 0.717) is 18.9 Å². The Hall–Kier alpha value is -0.810. The van der Waals surface area contributed by atoms with Crippen LogP contribution in [0.3, 0.4) is 0 Å². The largest absolute Gasteiger partial charge is 0.352 e. The first-order chi connectivity index (χ1) is 13.1. The highest BCUT2D eigenvalue weighted by atomic mass is 35.5. The Balaban J connectivity index is 0.00000210. The zero-order valence-electron chi connectivity index (χ0n) is 18.0. The maximum atomic E-state index is 12.3. The molecule has 2 unspecified atom stereocenters. The van der Waals surface area contributed by atoms with Gasteiger partial charge in [0.15, 0.2) is 0 Å². The fraction of sp³-hybridized carbons (Fsp3) is 0.696. The highest BCUT2D eigenvalue weighted by molar-refractivity contribution is 5.85. The average Bonchev–Trinajstić information content (AvgIpc) is 2.66. The lowest BCUT2D eigenvalue weighted by Gasteiger charge is -2.35. The number of benzene rings is 1. The number of rotatable bonds is 7. The van der Waals surface area contributed by atoms with Crippen molar-refractivity contribution in [3.05, 3.63) is 35.4 Å². The first kappa shape index (κ1) is 26.2. The molecule has 0 aromatic heterocycles. The normalized spacial score (nSPS) is 23.0. The Labute approximate surface area is 189 Å². The van der Waals surface area contributed by atoms with Crippen LogP contribution < -0.4 is 10.6 Å². The Morgan fingerprint density at radius 2 is 1.69 bits per heavy atom. The summed E-state index contributed by atoms with van der Waals surface area (Å²) in [7, 11) is 0. The monoisotopic (exact) mass is 443 g/mol. The van der Waals surface area contributed by atoms with E-state index < -0.39 is 0 Å². The van der Waals surface area contributed by atoms with E-state index in [-0.39, 0.29) is 30.7 Å². The van der Waals surface area contributed by atoms with Crippen LogP contribution in [0.4, 0.5) is 0 Å². The average molecular weight is 444 g/mol. The molecule has 0 aliphatic carbocycles. The molecule has 2 aliphatic heterocycles. The van der Waals surface area contributed by atoms with E-state index >= 15 is 0 Å². The zero-order valence-corrected chi connectivity index (χ0v) is 19.6. The van der Waals surface area contributed by atoms with E-state index in [9.17, 15) is 4.79 Å². The van der Waals surface area contributed by atoms with Crippen molar-refractivity contribution < 1.29 is 4.79 Å². The predicted molar refractivity (Wildman–Crippen MR) is 126 cm³/mol. The first-order valence-electron chi connectivity index (χ1n) is 10.9. The number of nitrogens with zero attached hydrogens (tertiary/aromatic N) is 1. The minimum absolute atomic E-state index is 0. The number of piperidine rings is 2. The predicted octanol–water partition coefficient (Wildman–Crippen LogP) is 4.40. The Morgan fingerprint density at radius 1 is 1.07 bits per heavy atom. The van der Waals surface area contributed by atoms with Gasteiger partial charge in [0.1, 0.15) is 0 Å². The molecule has 2 N–H and O–H groups in total. The fourth-order valence-corrected chi connectivity index (χ4v) is 4.83. The van der Waals surface area contributed by atoms with Crippen LogP contribution in [0.5, 0.6) is 0 Å². The Bertz CT molecular complexity index is 598. The number of hydrogen-bond acceptors (Lipinski definition) is 3. The van der Waals surface area contributed by atoms with E-state index in [1.807, 2.05) is 0 Å².